The first kappa shape index (κ1) is 11.0. The highest BCUT2D eigenvalue weighted by molar-refractivity contribution is 4.87. The Morgan fingerprint density at radius 2 is 2.00 bits per heavy atom. The summed E-state index contributed by atoms with van der Waals surface area (Å²) in [5.74, 6) is 1.19. The van der Waals surface area contributed by atoms with E-state index in [-0.39, 0.29) is 0 Å². The normalized spacial score (nSPS) is 42.0. The van der Waals surface area contributed by atoms with E-state index >= 15 is 0 Å². The molecule has 0 aromatic rings. The fraction of sp³-hybridized carbons (Fsp3) is 1.00. The first-order chi connectivity index (χ1) is 5.93. The molecule has 1 fully saturated rings. The molecule has 2 N–H and O–H groups in total. The summed E-state index contributed by atoms with van der Waals surface area (Å²) >= 11 is 0. The molecule has 0 radical (unpaired) electrons. The third-order valence-corrected chi connectivity index (χ3v) is 3.44. The molecule has 0 spiro atoms. The Hall–Kier alpha value is -0.0800. The smallest absolute Gasteiger partial charge is 0.0877 e. The van der Waals surface area contributed by atoms with Crippen LogP contribution in [0, 0.1) is 11.8 Å². The minimum absolute atomic E-state index is 0.539. The summed E-state index contributed by atoms with van der Waals surface area (Å²) in [6, 6.07) is 0. The Bertz CT molecular complexity index is 163. The fourth-order valence-corrected chi connectivity index (χ4v) is 2.15. The average Bonchev–Trinajstić information content (AvgIpc) is 2.12. The van der Waals surface area contributed by atoms with Gasteiger partial charge in [0.1, 0.15) is 0 Å². The van der Waals surface area contributed by atoms with Crippen molar-refractivity contribution in [2.45, 2.75) is 58.2 Å². The molecule has 3 atom stereocenters. The SMILES string of the molecule is CC(C)C1CCCC(C)(O)C(O)C1. The topological polar surface area (TPSA) is 40.5 Å². The summed E-state index contributed by atoms with van der Waals surface area (Å²) in [5, 5.41) is 19.7. The average molecular weight is 186 g/mol. The molecule has 13 heavy (non-hydrogen) atoms. The van der Waals surface area contributed by atoms with Crippen LogP contribution in [0.25, 0.3) is 0 Å². The summed E-state index contributed by atoms with van der Waals surface area (Å²) in [4.78, 5) is 0. The molecule has 1 aliphatic rings. The van der Waals surface area contributed by atoms with Crippen molar-refractivity contribution in [3.05, 3.63) is 0 Å². The molecular formula is C11H22O2. The molecule has 0 heterocycles. The van der Waals surface area contributed by atoms with Crippen molar-refractivity contribution in [3.8, 4) is 0 Å². The van der Waals surface area contributed by atoms with E-state index in [0.717, 1.165) is 25.7 Å². The first-order valence-corrected chi connectivity index (χ1v) is 5.34. The summed E-state index contributed by atoms with van der Waals surface area (Å²) in [5.41, 5.74) is -0.857. The number of hydrogen-bond donors (Lipinski definition) is 2. The second-order valence-corrected chi connectivity index (χ2v) is 5.00. The molecule has 0 saturated heterocycles. The van der Waals surface area contributed by atoms with Crippen molar-refractivity contribution < 1.29 is 10.2 Å². The van der Waals surface area contributed by atoms with Crippen molar-refractivity contribution in [3.63, 3.8) is 0 Å². The molecule has 0 aromatic carbocycles. The molecule has 2 nitrogen and oxygen atoms in total. The van der Waals surface area contributed by atoms with Crippen LogP contribution in [0.2, 0.25) is 0 Å². The second kappa shape index (κ2) is 3.97. The third kappa shape index (κ3) is 2.68. The zero-order valence-electron chi connectivity index (χ0n) is 8.95. The van der Waals surface area contributed by atoms with Crippen LogP contribution in [0.5, 0.6) is 0 Å². The predicted molar refractivity (Wildman–Crippen MR) is 53.4 cm³/mol. The van der Waals surface area contributed by atoms with Crippen LogP contribution in [-0.4, -0.2) is 21.9 Å². The molecule has 78 valence electrons. The Morgan fingerprint density at radius 1 is 1.38 bits per heavy atom. The van der Waals surface area contributed by atoms with Crippen LogP contribution in [0.15, 0.2) is 0 Å². The second-order valence-electron chi connectivity index (χ2n) is 5.00. The molecule has 2 heteroatoms. The van der Waals surface area contributed by atoms with Gasteiger partial charge in [0, 0.05) is 0 Å². The van der Waals surface area contributed by atoms with Crippen LogP contribution in [-0.2, 0) is 0 Å². The zero-order chi connectivity index (χ0) is 10.1. The largest absolute Gasteiger partial charge is 0.390 e. The molecule has 0 amide bonds. The van der Waals surface area contributed by atoms with Gasteiger partial charge in [0.05, 0.1) is 11.7 Å². The lowest BCUT2D eigenvalue weighted by molar-refractivity contribution is -0.0695. The summed E-state index contributed by atoms with van der Waals surface area (Å²) in [6.45, 7) is 6.13. The molecule has 1 saturated carbocycles. The molecule has 0 bridgehead atoms. The molecule has 1 aliphatic carbocycles. The maximum Gasteiger partial charge on any atom is 0.0877 e. The lowest BCUT2D eigenvalue weighted by Gasteiger charge is -2.28. The van der Waals surface area contributed by atoms with E-state index in [4.69, 9.17) is 0 Å². The highest BCUT2D eigenvalue weighted by atomic mass is 16.3. The first-order valence-electron chi connectivity index (χ1n) is 5.34. The Morgan fingerprint density at radius 3 is 2.54 bits per heavy atom. The minimum Gasteiger partial charge on any atom is -0.390 e. The summed E-state index contributed by atoms with van der Waals surface area (Å²) < 4.78 is 0. The van der Waals surface area contributed by atoms with E-state index in [9.17, 15) is 10.2 Å². The van der Waals surface area contributed by atoms with Crippen LogP contribution in [0.4, 0.5) is 0 Å². The van der Waals surface area contributed by atoms with Crippen molar-refractivity contribution in [2.24, 2.45) is 11.8 Å². The van der Waals surface area contributed by atoms with E-state index in [1.165, 1.54) is 0 Å². The Labute approximate surface area is 81.0 Å². The van der Waals surface area contributed by atoms with Gasteiger partial charge in [-0.2, -0.15) is 0 Å². The van der Waals surface area contributed by atoms with Gasteiger partial charge in [-0.3, -0.25) is 0 Å². The number of aliphatic hydroxyl groups excluding tert-OH is 1. The molecule has 3 unspecified atom stereocenters. The highest BCUT2D eigenvalue weighted by Crippen LogP contribution is 2.33. The number of rotatable bonds is 1. The lowest BCUT2D eigenvalue weighted by Crippen LogP contribution is -2.38. The molecular weight excluding hydrogens is 164 g/mol. The number of aliphatic hydroxyl groups is 2. The fourth-order valence-electron chi connectivity index (χ4n) is 2.15. The van der Waals surface area contributed by atoms with Crippen molar-refractivity contribution in [1.29, 1.82) is 0 Å². The molecule has 1 rings (SSSR count). The van der Waals surface area contributed by atoms with E-state index in [1.807, 2.05) is 0 Å². The van der Waals surface area contributed by atoms with Gasteiger partial charge in [-0.25, -0.2) is 0 Å². The van der Waals surface area contributed by atoms with Gasteiger partial charge in [-0.15, -0.1) is 0 Å². The van der Waals surface area contributed by atoms with Gasteiger partial charge in [-0.05, 0) is 38.0 Å². The van der Waals surface area contributed by atoms with E-state index in [0.29, 0.717) is 11.8 Å². The van der Waals surface area contributed by atoms with Crippen molar-refractivity contribution in [1.82, 2.24) is 0 Å². The van der Waals surface area contributed by atoms with E-state index in [2.05, 4.69) is 13.8 Å². The Balaban J connectivity index is 2.61. The van der Waals surface area contributed by atoms with Crippen LogP contribution in [0.1, 0.15) is 46.5 Å². The summed E-state index contributed by atoms with van der Waals surface area (Å²) in [6.07, 6.45) is 3.13. The minimum atomic E-state index is -0.857. The van der Waals surface area contributed by atoms with Gasteiger partial charge < -0.3 is 10.2 Å². The third-order valence-electron chi connectivity index (χ3n) is 3.44. The zero-order valence-corrected chi connectivity index (χ0v) is 8.95. The Kier molecular flexibility index (Phi) is 3.36. The predicted octanol–water partition coefficient (Wildman–Crippen LogP) is 1.94. The maximum absolute atomic E-state index is 9.87. The van der Waals surface area contributed by atoms with Crippen LogP contribution in [0.3, 0.4) is 0 Å². The van der Waals surface area contributed by atoms with E-state index in [1.54, 1.807) is 6.92 Å². The van der Waals surface area contributed by atoms with Crippen molar-refractivity contribution in [2.75, 3.05) is 0 Å². The maximum atomic E-state index is 9.87. The summed E-state index contributed by atoms with van der Waals surface area (Å²) in [7, 11) is 0. The number of hydrogen-bond acceptors (Lipinski definition) is 2. The lowest BCUT2D eigenvalue weighted by atomic mass is 9.86. The van der Waals surface area contributed by atoms with Gasteiger partial charge in [0.2, 0.25) is 0 Å². The highest BCUT2D eigenvalue weighted by Gasteiger charge is 2.35. The van der Waals surface area contributed by atoms with Crippen LogP contribution < -0.4 is 0 Å². The van der Waals surface area contributed by atoms with Gasteiger partial charge in [0.25, 0.3) is 0 Å². The molecule has 0 aliphatic heterocycles. The monoisotopic (exact) mass is 186 g/mol. The molecule has 0 aromatic heterocycles. The van der Waals surface area contributed by atoms with Gasteiger partial charge >= 0.3 is 0 Å². The van der Waals surface area contributed by atoms with Crippen molar-refractivity contribution >= 4 is 0 Å². The van der Waals surface area contributed by atoms with E-state index < -0.39 is 11.7 Å². The van der Waals surface area contributed by atoms with Crippen LogP contribution >= 0.6 is 0 Å². The standard InChI is InChI=1S/C11H22O2/c1-8(2)9-5-4-6-11(3,13)10(12)7-9/h8-10,12-13H,4-7H2,1-3H3. The van der Waals surface area contributed by atoms with Gasteiger partial charge in [0.15, 0.2) is 0 Å². The quantitative estimate of drug-likeness (QED) is 0.614. The van der Waals surface area contributed by atoms with Gasteiger partial charge in [-0.1, -0.05) is 20.3 Å².